The van der Waals surface area contributed by atoms with Crippen LogP contribution >= 0.6 is 0 Å². The highest BCUT2D eigenvalue weighted by Crippen LogP contribution is 2.40. The molecule has 10 N–H and O–H groups in total. The van der Waals surface area contributed by atoms with E-state index in [1.54, 1.807) is 9.13 Å². The van der Waals surface area contributed by atoms with E-state index in [0.717, 1.165) is 0 Å². The Balaban J connectivity index is 0.000000267. The van der Waals surface area contributed by atoms with Crippen LogP contribution in [0.25, 0.3) is 22.3 Å². The molecule has 6 atom stereocenters. The van der Waals surface area contributed by atoms with Gasteiger partial charge in [0, 0.05) is 26.7 Å². The van der Waals surface area contributed by atoms with Crippen LogP contribution in [-0.2, 0) is 28.5 Å². The third-order valence-corrected chi connectivity index (χ3v) is 7.67. The van der Waals surface area contributed by atoms with Crippen molar-refractivity contribution >= 4 is 57.8 Å². The van der Waals surface area contributed by atoms with E-state index in [4.69, 9.17) is 54.7 Å². The van der Waals surface area contributed by atoms with Crippen LogP contribution in [0.3, 0.4) is 0 Å². The maximum Gasteiger partial charge on any atom is 0.303 e. The highest BCUT2D eigenvalue weighted by Gasteiger charge is 2.52. The quantitative estimate of drug-likeness (QED) is 0.111. The minimum atomic E-state index is -1.46. The molecule has 0 unspecified atom stereocenters. The van der Waals surface area contributed by atoms with E-state index in [-0.39, 0.29) is 57.8 Å². The van der Waals surface area contributed by atoms with Crippen molar-refractivity contribution in [2.24, 2.45) is 0 Å². The zero-order valence-corrected chi connectivity index (χ0v) is 25.7. The zero-order valence-electron chi connectivity index (χ0n) is 25.7. The first-order valence-corrected chi connectivity index (χ1v) is 14.2. The fourth-order valence-corrected chi connectivity index (χ4v) is 5.33. The molecule has 20 heteroatoms. The number of anilines is 4. The molecule has 268 valence electrons. The number of carbonyl (C=O) groups excluding carboxylic acids is 2. The summed E-state index contributed by atoms with van der Waals surface area (Å²) in [7, 11) is 0. The number of aliphatic hydroxyl groups excluding tert-OH is 2. The molecule has 2 fully saturated rings. The van der Waals surface area contributed by atoms with Crippen molar-refractivity contribution in [3.8, 4) is 24.7 Å². The van der Waals surface area contributed by atoms with Gasteiger partial charge in [-0.2, -0.15) is 19.9 Å². The third-order valence-electron chi connectivity index (χ3n) is 7.67. The van der Waals surface area contributed by atoms with E-state index in [0.29, 0.717) is 22.3 Å². The summed E-state index contributed by atoms with van der Waals surface area (Å²) in [5, 5.41) is 19.4. The van der Waals surface area contributed by atoms with Gasteiger partial charge in [-0.3, -0.25) is 18.7 Å². The van der Waals surface area contributed by atoms with Crippen LogP contribution in [0.5, 0.6) is 0 Å². The lowest BCUT2D eigenvalue weighted by Gasteiger charge is -2.28. The first kappa shape index (κ1) is 38.6. The molecule has 20 nitrogen and oxygen atoms in total. The summed E-state index contributed by atoms with van der Waals surface area (Å²) in [5.41, 5.74) is 21.3. The Morgan fingerprint density at radius 2 is 1.36 bits per heavy atom. The fourth-order valence-electron chi connectivity index (χ4n) is 5.33. The Kier molecular flexibility index (Phi) is 11.4. The standard InChI is InChI=1S/C16H18N6O5.C12H14N6O3.2CH4/c1-4-16(6-25-8(2)23)10(26-9(3)24)5-11(27-16)22-7-19-12-13(17)20-15(18)21-14(12)22;1-2-12(4-19)6(20)3-7(21-12)18-5-15-8-9(13)16-11(14)17-10(8)18;;/h1,7,10-11H,5-6H2,2-3H3,(H4,17,18,20,21);1,5-7,19-20H,3-4H2,(H4,13,14,16,17);2*1H4/t10-,11-,16-;6-,7-,12-;;/m11../s1. The van der Waals surface area contributed by atoms with Gasteiger partial charge in [-0.1, -0.05) is 26.7 Å². The molecule has 2 aliphatic rings. The van der Waals surface area contributed by atoms with Gasteiger partial charge >= 0.3 is 11.9 Å². The number of fused-ring (bicyclic) bond motifs is 2. The molecule has 2 saturated heterocycles. The summed E-state index contributed by atoms with van der Waals surface area (Å²) >= 11 is 0. The molecule has 50 heavy (non-hydrogen) atoms. The van der Waals surface area contributed by atoms with Gasteiger partial charge in [-0.05, 0) is 0 Å². The lowest BCUT2D eigenvalue weighted by molar-refractivity contribution is -0.164. The van der Waals surface area contributed by atoms with Gasteiger partial charge in [0.05, 0.1) is 19.3 Å². The summed E-state index contributed by atoms with van der Waals surface area (Å²) in [6.07, 6.45) is 11.1. The van der Waals surface area contributed by atoms with Gasteiger partial charge in [-0.25, -0.2) is 9.97 Å². The average Bonchev–Trinajstić information content (AvgIpc) is 3.80. The Morgan fingerprint density at radius 3 is 1.78 bits per heavy atom. The minimum Gasteiger partial charge on any atom is -0.462 e. The van der Waals surface area contributed by atoms with Crippen LogP contribution in [0.1, 0.15) is 54.0 Å². The van der Waals surface area contributed by atoms with Crippen LogP contribution in [0, 0.1) is 24.7 Å². The SMILES string of the molecule is C.C.C#C[C@]1(CO)O[C@@H](n2cnc3c(N)nc(N)nc32)C[C@H]1O.C#C[C@]1(COC(C)=O)O[C@@H](n2cnc3c(N)nc(N)nc32)C[C@H]1OC(C)=O. The van der Waals surface area contributed by atoms with Crippen molar-refractivity contribution in [2.75, 3.05) is 36.1 Å². The second-order valence-electron chi connectivity index (χ2n) is 10.8. The number of nitrogens with zero attached hydrogens (tertiary/aromatic N) is 8. The number of ether oxygens (including phenoxy) is 4. The Hall–Kier alpha value is -5.80. The normalized spacial score (nSPS) is 25.3. The number of hydrogen-bond acceptors (Lipinski definition) is 18. The number of imidazole rings is 2. The maximum atomic E-state index is 11.5. The van der Waals surface area contributed by atoms with Crippen molar-refractivity contribution in [2.45, 2.75) is 77.4 Å². The zero-order chi connectivity index (χ0) is 35.0. The summed E-state index contributed by atoms with van der Waals surface area (Å²) < 4.78 is 25.1. The average molecular weight is 697 g/mol. The molecule has 0 aromatic carbocycles. The van der Waals surface area contributed by atoms with E-state index in [1.807, 2.05) is 0 Å². The van der Waals surface area contributed by atoms with E-state index in [1.165, 1.54) is 26.5 Å². The molecule has 4 aromatic rings. The molecule has 0 saturated carbocycles. The van der Waals surface area contributed by atoms with Crippen LogP contribution in [0.15, 0.2) is 12.7 Å². The van der Waals surface area contributed by atoms with Gasteiger partial charge < -0.3 is 52.1 Å². The lowest BCUT2D eigenvalue weighted by Crippen LogP contribution is -2.45. The lowest BCUT2D eigenvalue weighted by atomic mass is 9.98. The predicted molar refractivity (Wildman–Crippen MR) is 180 cm³/mol. The monoisotopic (exact) mass is 696 g/mol. The minimum absolute atomic E-state index is 0. The van der Waals surface area contributed by atoms with Gasteiger partial charge in [0.1, 0.15) is 42.3 Å². The third kappa shape index (κ3) is 6.99. The smallest absolute Gasteiger partial charge is 0.303 e. The topological polar surface area (TPSA) is 303 Å². The first-order chi connectivity index (χ1) is 22.8. The van der Waals surface area contributed by atoms with Crippen molar-refractivity contribution in [1.82, 2.24) is 39.0 Å². The van der Waals surface area contributed by atoms with E-state index in [2.05, 4.69) is 41.7 Å². The number of terminal acetylenes is 2. The molecule has 6 rings (SSSR count). The summed E-state index contributed by atoms with van der Waals surface area (Å²) in [6, 6.07) is 0. The van der Waals surface area contributed by atoms with Gasteiger partial charge in [0.15, 0.2) is 28.5 Å². The van der Waals surface area contributed by atoms with Gasteiger partial charge in [0.25, 0.3) is 0 Å². The largest absolute Gasteiger partial charge is 0.462 e. The van der Waals surface area contributed by atoms with E-state index in [9.17, 15) is 19.8 Å². The van der Waals surface area contributed by atoms with E-state index >= 15 is 0 Å². The Morgan fingerprint density at radius 1 is 0.880 bits per heavy atom. The number of esters is 2. The molecule has 0 radical (unpaired) electrons. The molecule has 0 bridgehead atoms. The number of rotatable bonds is 6. The molecular formula is C30H40N12O8. The first-order valence-electron chi connectivity index (χ1n) is 14.2. The molecule has 2 aliphatic heterocycles. The van der Waals surface area contributed by atoms with Crippen molar-refractivity contribution in [3.05, 3.63) is 12.7 Å². The Bertz CT molecular complexity index is 1970. The molecular weight excluding hydrogens is 656 g/mol. The Labute approximate surface area is 286 Å². The van der Waals surface area contributed by atoms with Crippen LogP contribution < -0.4 is 22.9 Å². The molecule has 4 aromatic heterocycles. The number of nitrogen functional groups attached to an aromatic ring is 4. The number of nitrogens with two attached hydrogens (primary N) is 4. The van der Waals surface area contributed by atoms with Crippen molar-refractivity contribution in [3.63, 3.8) is 0 Å². The summed E-state index contributed by atoms with van der Waals surface area (Å²) in [5.74, 6) is 3.92. The highest BCUT2D eigenvalue weighted by molar-refractivity contribution is 5.83. The number of aliphatic hydroxyl groups is 2. The number of aromatic nitrogens is 8. The van der Waals surface area contributed by atoms with Gasteiger partial charge in [0.2, 0.25) is 17.5 Å². The van der Waals surface area contributed by atoms with Gasteiger partial charge in [-0.15, -0.1) is 12.8 Å². The second kappa shape index (κ2) is 14.8. The van der Waals surface area contributed by atoms with Crippen molar-refractivity contribution in [1.29, 1.82) is 0 Å². The molecule has 0 aliphatic carbocycles. The molecule has 0 spiro atoms. The van der Waals surface area contributed by atoms with Crippen LogP contribution in [-0.4, -0.2) is 97.8 Å². The molecule has 6 heterocycles. The predicted octanol–water partition coefficient (Wildman–Crippen LogP) is -0.317. The van der Waals surface area contributed by atoms with E-state index < -0.39 is 54.4 Å². The number of carbonyl (C=O) groups is 2. The second-order valence-corrected chi connectivity index (χ2v) is 10.8. The highest BCUT2D eigenvalue weighted by atomic mass is 16.6. The van der Waals surface area contributed by atoms with Crippen LogP contribution in [0.4, 0.5) is 23.5 Å². The van der Waals surface area contributed by atoms with Crippen molar-refractivity contribution < 1.29 is 38.7 Å². The summed E-state index contributed by atoms with van der Waals surface area (Å²) in [4.78, 5) is 46.9. The molecule has 0 amide bonds. The fraction of sp³-hybridized carbons (Fsp3) is 0.467. The summed E-state index contributed by atoms with van der Waals surface area (Å²) in [6.45, 7) is 1.72. The van der Waals surface area contributed by atoms with Crippen LogP contribution in [0.2, 0.25) is 0 Å². The number of hydrogen-bond donors (Lipinski definition) is 6. The maximum absolute atomic E-state index is 11.5.